The summed E-state index contributed by atoms with van der Waals surface area (Å²) in [4.78, 5) is 4.37. The molecule has 166 valence electrons. The summed E-state index contributed by atoms with van der Waals surface area (Å²) in [5.74, 6) is 1.16. The van der Waals surface area contributed by atoms with E-state index in [0.717, 1.165) is 32.1 Å². The third-order valence-electron chi connectivity index (χ3n) is 10.0. The summed E-state index contributed by atoms with van der Waals surface area (Å²) in [7, 11) is 1.87. The second-order valence-corrected chi connectivity index (χ2v) is 11.3. The van der Waals surface area contributed by atoms with Gasteiger partial charge in [0.2, 0.25) is 0 Å². The van der Waals surface area contributed by atoms with Gasteiger partial charge in [-0.1, -0.05) is 31.2 Å². The van der Waals surface area contributed by atoms with Crippen LogP contribution in [0.15, 0.2) is 60.0 Å². The van der Waals surface area contributed by atoms with Crippen LogP contribution >= 0.6 is 0 Å². The van der Waals surface area contributed by atoms with Gasteiger partial charge in [0.05, 0.1) is 17.3 Å². The number of allylic oxidation sites excluding steroid dienone is 1. The summed E-state index contributed by atoms with van der Waals surface area (Å²) in [5, 5.41) is 2.54. The molecule has 6 atom stereocenters. The zero-order valence-corrected chi connectivity index (χ0v) is 19.3. The number of hydrogen-bond acceptors (Lipinski definition) is 3. The molecule has 0 amide bonds. The van der Waals surface area contributed by atoms with Crippen molar-refractivity contribution in [2.24, 2.45) is 11.3 Å². The van der Waals surface area contributed by atoms with Crippen LogP contribution in [-0.4, -0.2) is 29.4 Å². The predicted octanol–water partition coefficient (Wildman–Crippen LogP) is 6.49. The van der Waals surface area contributed by atoms with Crippen LogP contribution in [0.25, 0.3) is 10.8 Å². The number of benzene rings is 1. The lowest BCUT2D eigenvalue weighted by Gasteiger charge is -2.54. The number of aromatic nitrogens is 1. The van der Waals surface area contributed by atoms with Crippen LogP contribution in [0.3, 0.4) is 0 Å². The number of pyridine rings is 1. The van der Waals surface area contributed by atoms with E-state index in [-0.39, 0.29) is 16.6 Å². The molecule has 3 heterocycles. The van der Waals surface area contributed by atoms with E-state index in [1.807, 2.05) is 19.5 Å². The molecule has 1 aromatic heterocycles. The lowest BCUT2D eigenvalue weighted by atomic mass is 9.58. The Morgan fingerprint density at radius 2 is 2.03 bits per heavy atom. The second kappa shape index (κ2) is 6.55. The maximum absolute atomic E-state index is 7.32. The van der Waals surface area contributed by atoms with Crippen molar-refractivity contribution >= 4 is 10.8 Å². The highest BCUT2D eigenvalue weighted by Gasteiger charge is 2.66. The van der Waals surface area contributed by atoms with Crippen molar-refractivity contribution in [1.82, 2.24) is 4.98 Å². The topological polar surface area (TPSA) is 31.4 Å². The van der Waals surface area contributed by atoms with Crippen molar-refractivity contribution in [3.8, 4) is 0 Å². The van der Waals surface area contributed by atoms with Crippen molar-refractivity contribution in [3.05, 3.63) is 65.5 Å². The molecule has 3 heteroatoms. The summed E-state index contributed by atoms with van der Waals surface area (Å²) < 4.78 is 13.1. The van der Waals surface area contributed by atoms with E-state index >= 15 is 0 Å². The van der Waals surface area contributed by atoms with Gasteiger partial charge < -0.3 is 9.47 Å². The average molecular weight is 428 g/mol. The first-order valence-corrected chi connectivity index (χ1v) is 12.5. The number of nitrogens with zero attached hydrogens (tertiary/aromatic N) is 1. The fourth-order valence-corrected chi connectivity index (χ4v) is 8.43. The SMILES string of the molecule is COC1CCC2=CC3=CC[C@@]4(C)C(c5ccc6ccncc6c5)CC[C@H]4[C@@]34CC[C@]2(C1)O4. The number of methoxy groups -OCH3 is 1. The molecular formula is C29H33NO2. The minimum Gasteiger partial charge on any atom is -0.381 e. The largest absolute Gasteiger partial charge is 0.381 e. The van der Waals surface area contributed by atoms with Gasteiger partial charge in [0, 0.05) is 31.3 Å². The maximum Gasteiger partial charge on any atom is 0.0974 e. The van der Waals surface area contributed by atoms with E-state index in [4.69, 9.17) is 9.47 Å². The zero-order chi connectivity index (χ0) is 21.6. The van der Waals surface area contributed by atoms with Crippen LogP contribution in [0.1, 0.15) is 69.8 Å². The summed E-state index contributed by atoms with van der Waals surface area (Å²) in [6, 6.07) is 9.17. The van der Waals surface area contributed by atoms with E-state index in [1.165, 1.54) is 41.2 Å². The second-order valence-electron chi connectivity index (χ2n) is 11.3. The van der Waals surface area contributed by atoms with Crippen molar-refractivity contribution in [1.29, 1.82) is 0 Å². The molecule has 7 rings (SSSR count). The van der Waals surface area contributed by atoms with Crippen molar-refractivity contribution in [3.63, 3.8) is 0 Å². The Balaban J connectivity index is 1.29. The third-order valence-corrected chi connectivity index (χ3v) is 10.0. The Morgan fingerprint density at radius 1 is 1.09 bits per heavy atom. The molecule has 0 radical (unpaired) electrons. The Morgan fingerprint density at radius 3 is 2.94 bits per heavy atom. The Labute approximate surface area is 190 Å². The average Bonchev–Trinajstić information content (AvgIpc) is 3.33. The Kier molecular flexibility index (Phi) is 3.99. The van der Waals surface area contributed by atoms with Gasteiger partial charge in [0.1, 0.15) is 0 Å². The van der Waals surface area contributed by atoms with E-state index in [2.05, 4.69) is 48.3 Å². The van der Waals surface area contributed by atoms with Gasteiger partial charge in [-0.05, 0) is 96.4 Å². The van der Waals surface area contributed by atoms with Crippen LogP contribution < -0.4 is 0 Å². The molecule has 32 heavy (non-hydrogen) atoms. The fourth-order valence-electron chi connectivity index (χ4n) is 8.43. The minimum atomic E-state index is -0.0840. The Bertz CT molecular complexity index is 1170. The molecule has 2 unspecified atom stereocenters. The summed E-state index contributed by atoms with van der Waals surface area (Å²) in [5.41, 5.74) is 4.62. The highest BCUT2D eigenvalue weighted by Crippen LogP contribution is 2.69. The molecule has 1 saturated heterocycles. The molecule has 1 aromatic carbocycles. The molecule has 3 nitrogen and oxygen atoms in total. The van der Waals surface area contributed by atoms with Gasteiger partial charge in [-0.15, -0.1) is 0 Å². The third kappa shape index (κ3) is 2.42. The van der Waals surface area contributed by atoms with Crippen LogP contribution in [0, 0.1) is 11.3 Å². The molecule has 2 aromatic rings. The van der Waals surface area contributed by atoms with Gasteiger partial charge in [0.15, 0.2) is 0 Å². The molecular weight excluding hydrogens is 394 g/mol. The molecule has 2 saturated carbocycles. The van der Waals surface area contributed by atoms with Crippen molar-refractivity contribution in [2.75, 3.05) is 7.11 Å². The van der Waals surface area contributed by atoms with Crippen LogP contribution in [0.5, 0.6) is 0 Å². The van der Waals surface area contributed by atoms with E-state index in [0.29, 0.717) is 17.9 Å². The van der Waals surface area contributed by atoms with E-state index in [9.17, 15) is 0 Å². The van der Waals surface area contributed by atoms with Crippen LogP contribution in [-0.2, 0) is 9.47 Å². The van der Waals surface area contributed by atoms with Gasteiger partial charge in [-0.2, -0.15) is 0 Å². The molecule has 5 aliphatic rings. The molecule has 2 bridgehead atoms. The quantitative estimate of drug-likeness (QED) is 0.549. The molecule has 3 aliphatic carbocycles. The highest BCUT2D eigenvalue weighted by molar-refractivity contribution is 5.82. The van der Waals surface area contributed by atoms with E-state index in [1.54, 1.807) is 5.57 Å². The fraction of sp³-hybridized carbons (Fsp3) is 0.552. The number of rotatable bonds is 2. The number of ether oxygens (including phenoxy) is 2. The summed E-state index contributed by atoms with van der Waals surface area (Å²) in [6.07, 6.45) is 18.7. The van der Waals surface area contributed by atoms with E-state index < -0.39 is 0 Å². The van der Waals surface area contributed by atoms with Crippen molar-refractivity contribution in [2.45, 2.75) is 81.5 Å². The summed E-state index contributed by atoms with van der Waals surface area (Å²) in [6.45, 7) is 2.55. The first kappa shape index (κ1) is 19.5. The summed E-state index contributed by atoms with van der Waals surface area (Å²) >= 11 is 0. The van der Waals surface area contributed by atoms with Gasteiger partial charge >= 0.3 is 0 Å². The molecule has 2 aliphatic heterocycles. The van der Waals surface area contributed by atoms with Crippen LogP contribution in [0.2, 0.25) is 0 Å². The smallest absolute Gasteiger partial charge is 0.0974 e. The molecule has 0 N–H and O–H groups in total. The standard InChI is InChI=1S/C29H33NO2/c1-27-11-9-23-16-22-5-6-24(31-2)17-28(22)12-13-29(23,32-28)26(27)8-7-25(27)20-4-3-19-10-14-30-18-21(19)15-20/h3-4,9-10,14-16,18,24-26H,5-8,11-13,17H2,1-2H3/t24?,25?,26-,27+,28-,29-/m1/s1. The highest BCUT2D eigenvalue weighted by atomic mass is 16.5. The zero-order valence-electron chi connectivity index (χ0n) is 19.3. The number of fused-ring (bicyclic) bond motifs is 2. The maximum atomic E-state index is 7.32. The normalized spacial score (nSPS) is 42.1. The minimum absolute atomic E-state index is 0.0682. The Hall–Kier alpha value is -1.97. The molecule has 2 spiro atoms. The number of hydrogen-bond donors (Lipinski definition) is 0. The van der Waals surface area contributed by atoms with Gasteiger partial charge in [-0.3, -0.25) is 4.98 Å². The predicted molar refractivity (Wildman–Crippen MR) is 127 cm³/mol. The first-order chi connectivity index (χ1) is 15.6. The van der Waals surface area contributed by atoms with Gasteiger partial charge in [-0.25, -0.2) is 0 Å². The lowest BCUT2D eigenvalue weighted by molar-refractivity contribution is -0.147. The lowest BCUT2D eigenvalue weighted by Crippen LogP contribution is -2.54. The van der Waals surface area contributed by atoms with Crippen LogP contribution in [0.4, 0.5) is 0 Å². The van der Waals surface area contributed by atoms with Gasteiger partial charge in [0.25, 0.3) is 0 Å². The monoisotopic (exact) mass is 427 g/mol. The first-order valence-electron chi connectivity index (χ1n) is 12.5. The molecule has 3 fully saturated rings. The van der Waals surface area contributed by atoms with Crippen molar-refractivity contribution < 1.29 is 9.47 Å².